The van der Waals surface area contributed by atoms with Crippen LogP contribution >= 0.6 is 0 Å². The second kappa shape index (κ2) is 11.4. The summed E-state index contributed by atoms with van der Waals surface area (Å²) in [4.78, 5) is 16.4. The van der Waals surface area contributed by atoms with Crippen LogP contribution in [0.1, 0.15) is 55.8 Å². The van der Waals surface area contributed by atoms with Crippen LogP contribution in [0, 0.1) is 5.82 Å². The predicted octanol–water partition coefficient (Wildman–Crippen LogP) is 3.33. The minimum Gasteiger partial charge on any atom is -0.508 e. The Balaban J connectivity index is 1.17. The lowest BCUT2D eigenvalue weighted by atomic mass is 9.89. The number of nitrogens with zero attached hydrogens (tertiary/aromatic N) is 5. The number of fused-ring (bicyclic) bond motifs is 3. The van der Waals surface area contributed by atoms with Crippen LogP contribution in [-0.4, -0.2) is 91.5 Å². The second-order valence-electron chi connectivity index (χ2n) is 14.0. The number of ether oxygens (including phenoxy) is 1. The number of hydrogen-bond donors (Lipinski definition) is 3. The van der Waals surface area contributed by atoms with Gasteiger partial charge >= 0.3 is 6.01 Å². The van der Waals surface area contributed by atoms with Crippen molar-refractivity contribution in [1.82, 2.24) is 24.3 Å². The molecular formula is C33H41F2N7O4S. The zero-order valence-corrected chi connectivity index (χ0v) is 27.4. The van der Waals surface area contributed by atoms with E-state index in [1.54, 1.807) is 18.2 Å². The zero-order valence-electron chi connectivity index (χ0n) is 26.6. The Morgan fingerprint density at radius 1 is 1.13 bits per heavy atom. The largest absolute Gasteiger partial charge is 0.508 e. The lowest BCUT2D eigenvalue weighted by molar-refractivity contribution is 0.107. The van der Waals surface area contributed by atoms with Crippen molar-refractivity contribution >= 4 is 32.5 Å². The van der Waals surface area contributed by atoms with Gasteiger partial charge in [0, 0.05) is 61.8 Å². The molecule has 3 atom stereocenters. The standard InChI is InChI=1S/C33H41F2N7O4S/c1-2-24-26(35)6-5-21-13-23(43)14-28(29(21)24)40-12-7-25-27(17-40)37-31(46-20-33-9-4-11-42(33)16-22(34)15-33)38-30(25)41-10-3-8-32(19-41)18-36-47(44,45)39-32/h5-6,13-14,22,36,39,43H,2-4,7-12,15-20H2,1H3/t22-,32?,33+/m1/s1. The van der Waals surface area contributed by atoms with Gasteiger partial charge in [-0.2, -0.15) is 23.1 Å². The minimum absolute atomic E-state index is 0.105. The molecule has 4 fully saturated rings. The third kappa shape index (κ3) is 5.46. The number of nitrogens with one attached hydrogen (secondary N) is 2. The van der Waals surface area contributed by atoms with Crippen molar-refractivity contribution in [3.63, 3.8) is 0 Å². The Hall–Kier alpha value is -3.33. The van der Waals surface area contributed by atoms with E-state index < -0.39 is 21.9 Å². The highest BCUT2D eigenvalue weighted by molar-refractivity contribution is 7.87. The number of aromatic hydroxyl groups is 1. The van der Waals surface area contributed by atoms with Crippen LogP contribution in [0.3, 0.4) is 0 Å². The first kappa shape index (κ1) is 31.0. The minimum atomic E-state index is -3.56. The van der Waals surface area contributed by atoms with Gasteiger partial charge in [0.25, 0.3) is 10.2 Å². The second-order valence-corrected chi connectivity index (χ2v) is 15.5. The maximum absolute atomic E-state index is 15.0. The normalized spacial score (nSPS) is 28.7. The summed E-state index contributed by atoms with van der Waals surface area (Å²) >= 11 is 0. The fourth-order valence-electron chi connectivity index (χ4n) is 8.77. The highest BCUT2D eigenvalue weighted by Crippen LogP contribution is 2.42. The number of alkyl halides is 1. The number of benzene rings is 2. The summed E-state index contributed by atoms with van der Waals surface area (Å²) in [6.45, 7) is 5.92. The highest BCUT2D eigenvalue weighted by Gasteiger charge is 2.50. The van der Waals surface area contributed by atoms with Crippen LogP contribution in [0.15, 0.2) is 24.3 Å². The summed E-state index contributed by atoms with van der Waals surface area (Å²) in [5.74, 6) is 0.559. The quantitative estimate of drug-likeness (QED) is 0.363. The Kier molecular flexibility index (Phi) is 7.50. The van der Waals surface area contributed by atoms with E-state index in [1.807, 2.05) is 6.92 Å². The van der Waals surface area contributed by atoms with Crippen molar-refractivity contribution in [3.05, 3.63) is 46.9 Å². The van der Waals surface area contributed by atoms with Crippen molar-refractivity contribution in [2.24, 2.45) is 0 Å². The summed E-state index contributed by atoms with van der Waals surface area (Å²) in [5.41, 5.74) is 2.08. The molecule has 6 heterocycles. The molecule has 0 aliphatic carbocycles. The molecule has 252 valence electrons. The van der Waals surface area contributed by atoms with E-state index in [-0.39, 0.29) is 23.1 Å². The van der Waals surface area contributed by atoms with Crippen LogP contribution in [0.2, 0.25) is 0 Å². The molecule has 14 heteroatoms. The molecule has 3 aromatic rings. The van der Waals surface area contributed by atoms with Crippen LogP contribution in [-0.2, 0) is 29.6 Å². The molecule has 11 nitrogen and oxygen atoms in total. The molecular weight excluding hydrogens is 628 g/mol. The van der Waals surface area contributed by atoms with Gasteiger partial charge in [0.2, 0.25) is 0 Å². The van der Waals surface area contributed by atoms with Crippen molar-refractivity contribution in [1.29, 1.82) is 0 Å². The first-order valence-corrected chi connectivity index (χ1v) is 18.2. The van der Waals surface area contributed by atoms with Gasteiger partial charge in [-0.3, -0.25) is 4.90 Å². The smallest absolute Gasteiger partial charge is 0.318 e. The molecule has 0 bridgehead atoms. The molecule has 1 unspecified atom stereocenters. The summed E-state index contributed by atoms with van der Waals surface area (Å²) < 4.78 is 66.1. The van der Waals surface area contributed by atoms with Gasteiger partial charge < -0.3 is 19.6 Å². The van der Waals surface area contributed by atoms with Crippen LogP contribution in [0.5, 0.6) is 11.8 Å². The van der Waals surface area contributed by atoms with Gasteiger partial charge in [-0.15, -0.1) is 0 Å². The summed E-state index contributed by atoms with van der Waals surface area (Å²) in [6.07, 6.45) is 4.00. The first-order chi connectivity index (χ1) is 22.6. The third-order valence-corrected chi connectivity index (χ3v) is 12.1. The van der Waals surface area contributed by atoms with Gasteiger partial charge in [0.1, 0.15) is 30.2 Å². The van der Waals surface area contributed by atoms with E-state index in [1.165, 1.54) is 6.07 Å². The molecule has 5 aliphatic heterocycles. The van der Waals surface area contributed by atoms with Gasteiger partial charge in [-0.25, -0.2) is 13.5 Å². The number of anilines is 2. The Labute approximate surface area is 273 Å². The summed E-state index contributed by atoms with van der Waals surface area (Å²) in [6, 6.07) is 6.73. The fraction of sp³-hybridized carbons (Fsp3) is 0.576. The molecule has 0 radical (unpaired) electrons. The van der Waals surface area contributed by atoms with E-state index >= 15 is 4.39 Å². The van der Waals surface area contributed by atoms with E-state index in [4.69, 9.17) is 14.7 Å². The monoisotopic (exact) mass is 669 g/mol. The molecule has 8 rings (SSSR count). The van der Waals surface area contributed by atoms with Crippen molar-refractivity contribution in [3.8, 4) is 11.8 Å². The number of piperidine rings is 1. The number of phenols is 1. The van der Waals surface area contributed by atoms with E-state index in [0.717, 1.165) is 59.3 Å². The predicted molar refractivity (Wildman–Crippen MR) is 175 cm³/mol. The molecule has 0 amide bonds. The van der Waals surface area contributed by atoms with E-state index in [0.29, 0.717) is 77.1 Å². The number of rotatable bonds is 6. The van der Waals surface area contributed by atoms with Gasteiger partial charge in [-0.05, 0) is 68.2 Å². The SMILES string of the molecule is CCc1c(F)ccc2cc(O)cc(N3CCc4c(nc(OC[C@@]56CCCN5C[C@H](F)C6)nc4N4CCCC5(CNS(=O)(=O)N5)C4)C3)c12. The average Bonchev–Trinajstić information content (AvgIpc) is 3.67. The molecule has 3 N–H and O–H groups in total. The number of aryl methyl sites for hydroxylation is 1. The van der Waals surface area contributed by atoms with E-state index in [9.17, 15) is 17.9 Å². The van der Waals surface area contributed by atoms with E-state index in [2.05, 4.69) is 24.1 Å². The molecule has 5 aliphatic rings. The van der Waals surface area contributed by atoms with Crippen LogP contribution < -0.4 is 24.0 Å². The Morgan fingerprint density at radius 3 is 2.79 bits per heavy atom. The van der Waals surface area contributed by atoms with Gasteiger partial charge in [0.05, 0.1) is 23.3 Å². The van der Waals surface area contributed by atoms with Crippen LogP contribution in [0.4, 0.5) is 20.3 Å². The lowest BCUT2D eigenvalue weighted by Crippen LogP contribution is -2.57. The number of phenolic OH excluding ortho intramolecular Hbond substituents is 1. The maximum atomic E-state index is 15.0. The van der Waals surface area contributed by atoms with Crippen molar-refractivity contribution in [2.75, 3.05) is 55.7 Å². The molecule has 4 saturated heterocycles. The first-order valence-electron chi connectivity index (χ1n) is 16.7. The van der Waals surface area contributed by atoms with Gasteiger partial charge in [0.15, 0.2) is 0 Å². The van der Waals surface area contributed by atoms with Gasteiger partial charge in [-0.1, -0.05) is 13.0 Å². The topological polar surface area (TPSA) is 123 Å². The maximum Gasteiger partial charge on any atom is 0.318 e. The van der Waals surface area contributed by atoms with Crippen molar-refractivity contribution < 1.29 is 27.0 Å². The average molecular weight is 670 g/mol. The summed E-state index contributed by atoms with van der Waals surface area (Å²) in [7, 11) is -3.56. The molecule has 2 aromatic carbocycles. The third-order valence-electron chi connectivity index (χ3n) is 10.9. The molecule has 0 saturated carbocycles. The van der Waals surface area contributed by atoms with Crippen LogP contribution in [0.25, 0.3) is 10.8 Å². The van der Waals surface area contributed by atoms with Crippen molar-refractivity contribution in [2.45, 2.75) is 75.7 Å². The molecule has 1 spiro atoms. The molecule has 47 heavy (non-hydrogen) atoms. The lowest BCUT2D eigenvalue weighted by Gasteiger charge is -2.41. The number of hydrogen-bond acceptors (Lipinski definition) is 9. The molecule has 1 aromatic heterocycles. The number of halogens is 2. The fourth-order valence-corrected chi connectivity index (χ4v) is 10.1. The highest BCUT2D eigenvalue weighted by atomic mass is 32.2. The Morgan fingerprint density at radius 2 is 1.98 bits per heavy atom. The summed E-state index contributed by atoms with van der Waals surface area (Å²) in [5, 5.41) is 12.2. The Bertz CT molecular complexity index is 1850. The number of aromatic nitrogens is 2. The zero-order chi connectivity index (χ0) is 32.6.